The molecule has 1 spiro atoms. The lowest BCUT2D eigenvalue weighted by Gasteiger charge is -2.36. The second kappa shape index (κ2) is 4.93. The number of hydrogen-bond donors (Lipinski definition) is 2. The number of hydrogen-bond acceptors (Lipinski definition) is 2. The monoisotopic (exact) mass is 295 g/mol. The summed E-state index contributed by atoms with van der Waals surface area (Å²) in [6.45, 7) is 2.32. The molecule has 0 amide bonds. The predicted molar refractivity (Wildman–Crippen MR) is 83.2 cm³/mol. The molecule has 19 heavy (non-hydrogen) atoms. The van der Waals surface area contributed by atoms with Gasteiger partial charge in [-0.05, 0) is 68.1 Å². The van der Waals surface area contributed by atoms with E-state index < -0.39 is 0 Å². The number of nitrogens with zero attached hydrogens (tertiary/aromatic N) is 1. The molecule has 2 N–H and O–H groups in total. The first kappa shape index (κ1) is 13.2. The second-order valence-electron chi connectivity index (χ2n) is 5.62. The Balaban J connectivity index is 1.78. The molecule has 0 aromatic heterocycles. The van der Waals surface area contributed by atoms with Crippen LogP contribution in [0.15, 0.2) is 24.3 Å². The molecule has 3 rings (SSSR count). The zero-order chi connectivity index (χ0) is 13.5. The van der Waals surface area contributed by atoms with Crippen LogP contribution < -0.4 is 15.8 Å². The van der Waals surface area contributed by atoms with Crippen LogP contribution in [0.3, 0.4) is 0 Å². The highest BCUT2D eigenvalue weighted by atomic mass is 35.5. The molecule has 0 atom stereocenters. The number of thiocarbonyl (C=S) groups is 1. The molecule has 102 valence electrons. The summed E-state index contributed by atoms with van der Waals surface area (Å²) >= 11 is 11.4. The van der Waals surface area contributed by atoms with Crippen molar-refractivity contribution < 1.29 is 0 Å². The van der Waals surface area contributed by atoms with Gasteiger partial charge in [-0.3, -0.25) is 5.01 Å². The first-order chi connectivity index (χ1) is 9.08. The standard InChI is InChI=1S/C14H18ClN3S/c1-10-6-8-14(9-7-10)16-13(19)18(17-14)12-4-2-11(15)3-5-12/h2-5,10,17H,6-9H2,1H3,(H,16,19). The zero-order valence-corrected chi connectivity index (χ0v) is 12.5. The number of hydrazine groups is 1. The molecule has 1 saturated carbocycles. The largest absolute Gasteiger partial charge is 0.342 e. The van der Waals surface area contributed by atoms with E-state index in [2.05, 4.69) is 17.7 Å². The van der Waals surface area contributed by atoms with Gasteiger partial charge in [0.15, 0.2) is 5.11 Å². The lowest BCUT2D eigenvalue weighted by atomic mass is 9.83. The van der Waals surface area contributed by atoms with Gasteiger partial charge in [0, 0.05) is 5.02 Å². The van der Waals surface area contributed by atoms with Crippen molar-refractivity contribution in [1.29, 1.82) is 0 Å². The molecule has 3 nitrogen and oxygen atoms in total. The van der Waals surface area contributed by atoms with E-state index in [1.165, 1.54) is 12.8 Å². The van der Waals surface area contributed by atoms with Crippen molar-refractivity contribution in [3.05, 3.63) is 29.3 Å². The normalized spacial score (nSPS) is 30.7. The van der Waals surface area contributed by atoms with Crippen molar-refractivity contribution in [2.75, 3.05) is 5.01 Å². The van der Waals surface area contributed by atoms with E-state index in [1.54, 1.807) is 0 Å². The van der Waals surface area contributed by atoms with Gasteiger partial charge in [0.05, 0.1) is 5.69 Å². The highest BCUT2D eigenvalue weighted by Crippen LogP contribution is 2.34. The SMILES string of the molecule is CC1CCC2(CC1)NC(=S)N(c1ccc(Cl)cc1)N2. The van der Waals surface area contributed by atoms with Crippen molar-refractivity contribution in [2.24, 2.45) is 5.92 Å². The summed E-state index contributed by atoms with van der Waals surface area (Å²) in [5.74, 6) is 0.812. The Bertz CT molecular complexity index is 480. The second-order valence-corrected chi connectivity index (χ2v) is 6.44. The van der Waals surface area contributed by atoms with E-state index in [-0.39, 0.29) is 5.66 Å². The van der Waals surface area contributed by atoms with E-state index in [1.807, 2.05) is 29.3 Å². The summed E-state index contributed by atoms with van der Waals surface area (Å²) in [4.78, 5) is 0. The Morgan fingerprint density at radius 1 is 1.26 bits per heavy atom. The van der Waals surface area contributed by atoms with E-state index in [0.717, 1.165) is 34.6 Å². The number of anilines is 1. The number of rotatable bonds is 1. The Morgan fingerprint density at radius 2 is 1.89 bits per heavy atom. The van der Waals surface area contributed by atoms with Crippen LogP contribution >= 0.6 is 23.8 Å². The van der Waals surface area contributed by atoms with Crippen LogP contribution in [0.4, 0.5) is 5.69 Å². The molecule has 1 aromatic rings. The van der Waals surface area contributed by atoms with Gasteiger partial charge in [0.1, 0.15) is 5.66 Å². The van der Waals surface area contributed by atoms with Gasteiger partial charge in [0.25, 0.3) is 0 Å². The molecule has 1 aromatic carbocycles. The Kier molecular flexibility index (Phi) is 3.41. The maximum atomic E-state index is 5.93. The first-order valence-electron chi connectivity index (χ1n) is 6.74. The van der Waals surface area contributed by atoms with Crippen LogP contribution in [0, 0.1) is 5.92 Å². The molecule has 2 fully saturated rings. The van der Waals surface area contributed by atoms with E-state index in [0.29, 0.717) is 0 Å². The number of benzene rings is 1. The third-order valence-corrected chi connectivity index (χ3v) is 4.62. The fourth-order valence-corrected chi connectivity index (χ4v) is 3.29. The molecule has 1 aliphatic carbocycles. The third-order valence-electron chi connectivity index (χ3n) is 4.09. The molecule has 1 aliphatic heterocycles. The van der Waals surface area contributed by atoms with Crippen LogP contribution in [0.1, 0.15) is 32.6 Å². The van der Waals surface area contributed by atoms with Crippen LogP contribution in [-0.2, 0) is 0 Å². The summed E-state index contributed by atoms with van der Waals surface area (Å²) in [6, 6.07) is 7.73. The summed E-state index contributed by atoms with van der Waals surface area (Å²) in [5.41, 5.74) is 4.52. The first-order valence-corrected chi connectivity index (χ1v) is 7.52. The topological polar surface area (TPSA) is 27.3 Å². The molecule has 2 aliphatic rings. The summed E-state index contributed by atoms with van der Waals surface area (Å²) in [7, 11) is 0. The minimum absolute atomic E-state index is 0.0524. The fourth-order valence-electron chi connectivity index (χ4n) is 2.82. The minimum Gasteiger partial charge on any atom is -0.342 e. The summed E-state index contributed by atoms with van der Waals surface area (Å²) in [6.07, 6.45) is 4.69. The molecular weight excluding hydrogens is 278 g/mol. The fraction of sp³-hybridized carbons (Fsp3) is 0.500. The van der Waals surface area contributed by atoms with E-state index >= 15 is 0 Å². The van der Waals surface area contributed by atoms with Crippen molar-refractivity contribution in [3.8, 4) is 0 Å². The predicted octanol–water partition coefficient (Wildman–Crippen LogP) is 3.45. The van der Waals surface area contributed by atoms with Gasteiger partial charge in [0.2, 0.25) is 0 Å². The van der Waals surface area contributed by atoms with E-state index in [9.17, 15) is 0 Å². The van der Waals surface area contributed by atoms with Gasteiger partial charge < -0.3 is 5.32 Å². The Hall–Kier alpha value is -0.840. The quantitative estimate of drug-likeness (QED) is 0.776. The van der Waals surface area contributed by atoms with Gasteiger partial charge in [-0.1, -0.05) is 18.5 Å². The van der Waals surface area contributed by atoms with Crippen molar-refractivity contribution in [3.63, 3.8) is 0 Å². The molecule has 0 radical (unpaired) electrons. The third kappa shape index (κ3) is 2.57. The molecule has 1 heterocycles. The van der Waals surface area contributed by atoms with Crippen LogP contribution in [0.25, 0.3) is 0 Å². The summed E-state index contributed by atoms with van der Waals surface area (Å²) in [5, 5.41) is 6.91. The van der Waals surface area contributed by atoms with Crippen molar-refractivity contribution in [1.82, 2.24) is 10.7 Å². The van der Waals surface area contributed by atoms with E-state index in [4.69, 9.17) is 23.8 Å². The summed E-state index contributed by atoms with van der Waals surface area (Å²) < 4.78 is 0. The van der Waals surface area contributed by atoms with Crippen molar-refractivity contribution in [2.45, 2.75) is 38.3 Å². The Labute approximate surface area is 124 Å². The lowest BCUT2D eigenvalue weighted by molar-refractivity contribution is 0.200. The zero-order valence-electron chi connectivity index (χ0n) is 10.9. The van der Waals surface area contributed by atoms with Crippen molar-refractivity contribution >= 4 is 34.6 Å². The molecule has 5 heteroatoms. The lowest BCUT2D eigenvalue weighted by Crippen LogP contribution is -2.53. The highest BCUT2D eigenvalue weighted by molar-refractivity contribution is 7.80. The van der Waals surface area contributed by atoms with Crippen LogP contribution in [0.5, 0.6) is 0 Å². The molecular formula is C14H18ClN3S. The van der Waals surface area contributed by atoms with Gasteiger partial charge in [-0.15, -0.1) is 0 Å². The number of halogens is 1. The van der Waals surface area contributed by atoms with Crippen LogP contribution in [-0.4, -0.2) is 10.8 Å². The molecule has 0 bridgehead atoms. The van der Waals surface area contributed by atoms with Gasteiger partial charge in [-0.25, -0.2) is 5.43 Å². The van der Waals surface area contributed by atoms with Gasteiger partial charge >= 0.3 is 0 Å². The number of nitrogens with one attached hydrogen (secondary N) is 2. The van der Waals surface area contributed by atoms with Crippen LogP contribution in [0.2, 0.25) is 5.02 Å². The highest BCUT2D eigenvalue weighted by Gasteiger charge is 2.42. The minimum atomic E-state index is -0.0524. The average molecular weight is 296 g/mol. The Morgan fingerprint density at radius 3 is 2.53 bits per heavy atom. The molecule has 0 unspecified atom stereocenters. The average Bonchev–Trinajstić information content (AvgIpc) is 2.72. The maximum absolute atomic E-state index is 5.93. The maximum Gasteiger partial charge on any atom is 0.189 e. The van der Waals surface area contributed by atoms with Gasteiger partial charge in [-0.2, -0.15) is 0 Å². The smallest absolute Gasteiger partial charge is 0.189 e. The molecule has 1 saturated heterocycles.